The first-order valence-corrected chi connectivity index (χ1v) is 9.43. The van der Waals surface area contributed by atoms with Crippen LogP contribution in [0.4, 0.5) is 13.2 Å². The fourth-order valence-corrected chi connectivity index (χ4v) is 2.93. The Bertz CT molecular complexity index is 1030. The molecule has 0 saturated carbocycles. The summed E-state index contributed by atoms with van der Waals surface area (Å²) in [6, 6.07) is 12.9. The number of nitrogens with zero attached hydrogens (tertiary/aromatic N) is 3. The summed E-state index contributed by atoms with van der Waals surface area (Å²) in [5, 5.41) is 8.59. The van der Waals surface area contributed by atoms with Crippen molar-refractivity contribution in [1.82, 2.24) is 9.78 Å². The van der Waals surface area contributed by atoms with Crippen molar-refractivity contribution in [3.05, 3.63) is 77.5 Å². The lowest BCUT2D eigenvalue weighted by atomic mass is 10.1. The van der Waals surface area contributed by atoms with Crippen molar-refractivity contribution in [2.45, 2.75) is 11.2 Å². The Hall–Kier alpha value is -3.27. The number of carbonyl (C=O) groups is 1. The first kappa shape index (κ1) is 20.5. The molecule has 0 unspecified atom stereocenters. The van der Waals surface area contributed by atoms with Crippen molar-refractivity contribution in [1.29, 1.82) is 0 Å². The van der Waals surface area contributed by atoms with Gasteiger partial charge in [0.25, 0.3) is 0 Å². The van der Waals surface area contributed by atoms with Gasteiger partial charge in [-0.05, 0) is 42.7 Å². The van der Waals surface area contributed by atoms with Gasteiger partial charge < -0.3 is 10.6 Å². The number of alkyl halides is 3. The summed E-state index contributed by atoms with van der Waals surface area (Å²) in [5.41, 5.74) is 6.25. The Morgan fingerprint density at radius 2 is 1.79 bits per heavy atom. The molecule has 0 saturated heterocycles. The van der Waals surface area contributed by atoms with Gasteiger partial charge in [0, 0.05) is 6.20 Å². The maximum atomic E-state index is 12.6. The summed E-state index contributed by atoms with van der Waals surface area (Å²) < 4.78 is 39.4. The SMILES string of the molecule is CSc1nn(-c2ccccc2)cc1C(N)=NOC(=O)c1ccc(C(F)(F)F)cc1. The van der Waals surface area contributed by atoms with Gasteiger partial charge in [-0.15, -0.1) is 11.8 Å². The van der Waals surface area contributed by atoms with E-state index in [9.17, 15) is 18.0 Å². The summed E-state index contributed by atoms with van der Waals surface area (Å²) >= 11 is 1.33. The smallest absolute Gasteiger partial charge is 0.380 e. The fraction of sp³-hybridized carbons (Fsp3) is 0.105. The molecule has 150 valence electrons. The summed E-state index contributed by atoms with van der Waals surface area (Å²) in [6.45, 7) is 0. The number of nitrogens with two attached hydrogens (primary N) is 1. The predicted molar refractivity (Wildman–Crippen MR) is 103 cm³/mol. The lowest BCUT2D eigenvalue weighted by Gasteiger charge is -2.06. The van der Waals surface area contributed by atoms with Crippen LogP contribution in [0.1, 0.15) is 21.5 Å². The van der Waals surface area contributed by atoms with Crippen LogP contribution in [0.25, 0.3) is 5.69 Å². The maximum Gasteiger partial charge on any atom is 0.416 e. The molecule has 0 atom stereocenters. The third-order valence-corrected chi connectivity index (χ3v) is 4.53. The van der Waals surface area contributed by atoms with Crippen molar-refractivity contribution in [2.75, 3.05) is 6.26 Å². The molecule has 3 rings (SSSR count). The second kappa shape index (κ2) is 8.39. The third-order valence-electron chi connectivity index (χ3n) is 3.85. The molecular weight excluding hydrogens is 405 g/mol. The predicted octanol–water partition coefficient (Wildman–Crippen LogP) is 4.09. The second-order valence-corrected chi connectivity index (χ2v) is 6.56. The Balaban J connectivity index is 1.77. The van der Waals surface area contributed by atoms with Gasteiger partial charge in [-0.2, -0.15) is 18.3 Å². The molecule has 2 aromatic carbocycles. The highest BCUT2D eigenvalue weighted by Gasteiger charge is 2.30. The fourth-order valence-electron chi connectivity index (χ4n) is 2.39. The van der Waals surface area contributed by atoms with Gasteiger partial charge in [-0.3, -0.25) is 0 Å². The molecule has 0 aliphatic heterocycles. The Morgan fingerprint density at radius 1 is 1.14 bits per heavy atom. The van der Waals surface area contributed by atoms with E-state index in [2.05, 4.69) is 10.3 Å². The van der Waals surface area contributed by atoms with Gasteiger partial charge in [0.15, 0.2) is 5.84 Å². The van der Waals surface area contributed by atoms with Crippen LogP contribution in [0.2, 0.25) is 0 Å². The topological polar surface area (TPSA) is 82.5 Å². The minimum atomic E-state index is -4.49. The maximum absolute atomic E-state index is 12.6. The number of para-hydroxylation sites is 1. The molecule has 2 N–H and O–H groups in total. The first-order valence-electron chi connectivity index (χ1n) is 8.21. The van der Waals surface area contributed by atoms with Crippen molar-refractivity contribution in [3.63, 3.8) is 0 Å². The average Bonchev–Trinajstić information content (AvgIpc) is 3.16. The number of amidine groups is 1. The number of thioether (sulfide) groups is 1. The lowest BCUT2D eigenvalue weighted by molar-refractivity contribution is -0.137. The van der Waals surface area contributed by atoms with E-state index in [0.29, 0.717) is 10.6 Å². The lowest BCUT2D eigenvalue weighted by Crippen LogP contribution is -2.15. The summed E-state index contributed by atoms with van der Waals surface area (Å²) in [6.07, 6.45) is -1.03. The monoisotopic (exact) mass is 420 g/mol. The van der Waals surface area contributed by atoms with Gasteiger partial charge >= 0.3 is 12.1 Å². The minimum absolute atomic E-state index is 0.0837. The van der Waals surface area contributed by atoms with Crippen molar-refractivity contribution in [2.24, 2.45) is 10.9 Å². The molecule has 10 heteroatoms. The molecule has 0 fully saturated rings. The minimum Gasteiger partial charge on any atom is -0.380 e. The molecule has 0 aliphatic rings. The van der Waals surface area contributed by atoms with E-state index in [-0.39, 0.29) is 11.4 Å². The first-order chi connectivity index (χ1) is 13.8. The third kappa shape index (κ3) is 4.77. The van der Waals surface area contributed by atoms with Crippen molar-refractivity contribution < 1.29 is 22.8 Å². The largest absolute Gasteiger partial charge is 0.416 e. The van der Waals surface area contributed by atoms with Crippen LogP contribution in [0.15, 0.2) is 71.0 Å². The van der Waals surface area contributed by atoms with Gasteiger partial charge in [0.1, 0.15) is 5.03 Å². The number of hydrogen-bond acceptors (Lipinski definition) is 5. The van der Waals surface area contributed by atoms with Crippen LogP contribution in [-0.4, -0.2) is 27.8 Å². The molecule has 0 radical (unpaired) electrons. The molecular formula is C19H15F3N4O2S. The summed E-state index contributed by atoms with van der Waals surface area (Å²) in [7, 11) is 0. The van der Waals surface area contributed by atoms with E-state index < -0.39 is 17.7 Å². The molecule has 1 heterocycles. The van der Waals surface area contributed by atoms with Gasteiger partial charge in [0.2, 0.25) is 0 Å². The molecule has 0 spiro atoms. The highest BCUT2D eigenvalue weighted by atomic mass is 32.2. The molecule has 0 aliphatic carbocycles. The number of halogens is 3. The normalized spacial score (nSPS) is 12.1. The van der Waals surface area contributed by atoms with E-state index in [1.807, 2.05) is 36.6 Å². The number of oxime groups is 1. The van der Waals surface area contributed by atoms with Crippen LogP contribution < -0.4 is 5.73 Å². The summed E-state index contributed by atoms with van der Waals surface area (Å²) in [5.74, 6) is -1.01. The zero-order valence-electron chi connectivity index (χ0n) is 15.1. The van der Waals surface area contributed by atoms with Crippen molar-refractivity contribution in [3.8, 4) is 5.69 Å². The van der Waals surface area contributed by atoms with Crippen LogP contribution in [0.3, 0.4) is 0 Å². The molecule has 1 aromatic heterocycles. The number of hydrogen-bond donors (Lipinski definition) is 1. The van der Waals surface area contributed by atoms with Crippen LogP contribution >= 0.6 is 11.8 Å². The van der Waals surface area contributed by atoms with E-state index in [1.54, 1.807) is 10.9 Å². The number of benzene rings is 2. The number of rotatable bonds is 5. The second-order valence-electron chi connectivity index (χ2n) is 5.76. The zero-order chi connectivity index (χ0) is 21.0. The van der Waals surface area contributed by atoms with E-state index in [1.165, 1.54) is 11.8 Å². The highest BCUT2D eigenvalue weighted by Crippen LogP contribution is 2.29. The van der Waals surface area contributed by atoms with E-state index in [4.69, 9.17) is 10.6 Å². The van der Waals surface area contributed by atoms with Crippen LogP contribution in [0, 0.1) is 0 Å². The van der Waals surface area contributed by atoms with Gasteiger partial charge in [0.05, 0.1) is 22.4 Å². The van der Waals surface area contributed by atoms with E-state index in [0.717, 1.165) is 30.0 Å². The van der Waals surface area contributed by atoms with Crippen LogP contribution in [-0.2, 0) is 11.0 Å². The molecule has 0 bridgehead atoms. The van der Waals surface area contributed by atoms with Crippen LogP contribution in [0.5, 0.6) is 0 Å². The molecule has 0 amide bonds. The number of carbonyl (C=O) groups excluding carboxylic acids is 1. The molecule has 3 aromatic rings. The standard InChI is InChI=1S/C19H15F3N4O2S/c1-29-17-15(11-26(24-17)14-5-3-2-4-6-14)16(23)25-28-18(27)12-7-9-13(10-8-12)19(20,21)22/h2-11H,1H3,(H2,23,25). The van der Waals surface area contributed by atoms with Gasteiger partial charge in [-0.25, -0.2) is 9.48 Å². The Kier molecular flexibility index (Phi) is 5.92. The average molecular weight is 420 g/mol. The molecule has 29 heavy (non-hydrogen) atoms. The summed E-state index contributed by atoms with van der Waals surface area (Å²) in [4.78, 5) is 16.8. The quantitative estimate of drug-likeness (QED) is 0.221. The number of aromatic nitrogens is 2. The Labute approximate surface area is 168 Å². The Morgan fingerprint density at radius 3 is 2.38 bits per heavy atom. The van der Waals surface area contributed by atoms with Crippen molar-refractivity contribution >= 4 is 23.6 Å². The van der Waals surface area contributed by atoms with E-state index >= 15 is 0 Å². The zero-order valence-corrected chi connectivity index (χ0v) is 15.9. The molecule has 6 nitrogen and oxygen atoms in total. The van der Waals surface area contributed by atoms with Gasteiger partial charge in [-0.1, -0.05) is 23.4 Å². The highest BCUT2D eigenvalue weighted by molar-refractivity contribution is 7.98.